The van der Waals surface area contributed by atoms with Crippen molar-refractivity contribution >= 4 is 27.3 Å². The second kappa shape index (κ2) is 6.31. The van der Waals surface area contributed by atoms with Crippen LogP contribution in [0.4, 0.5) is 5.69 Å². The lowest BCUT2D eigenvalue weighted by molar-refractivity contribution is -0.119. The first kappa shape index (κ1) is 16.0. The highest BCUT2D eigenvalue weighted by atomic mass is 32.2. The molecule has 1 unspecified atom stereocenters. The van der Waals surface area contributed by atoms with Crippen molar-refractivity contribution < 1.29 is 18.0 Å². The number of piperidine rings is 1. The van der Waals surface area contributed by atoms with Crippen LogP contribution in [0.25, 0.3) is 0 Å². The Kier molecular flexibility index (Phi) is 4.39. The minimum atomic E-state index is -3.01. The van der Waals surface area contributed by atoms with Crippen LogP contribution in [0.15, 0.2) is 24.3 Å². The van der Waals surface area contributed by atoms with Gasteiger partial charge in [-0.25, -0.2) is 8.42 Å². The van der Waals surface area contributed by atoms with Crippen molar-refractivity contribution in [2.75, 3.05) is 23.0 Å². The van der Waals surface area contributed by atoms with E-state index in [-0.39, 0.29) is 29.4 Å². The van der Waals surface area contributed by atoms with Crippen molar-refractivity contribution in [1.29, 1.82) is 0 Å². The Morgan fingerprint density at radius 1 is 1.17 bits per heavy atom. The molecule has 1 aromatic rings. The average Bonchev–Trinajstić information content (AvgIpc) is 2.87. The molecule has 2 amide bonds. The van der Waals surface area contributed by atoms with Gasteiger partial charge in [-0.15, -0.1) is 0 Å². The summed E-state index contributed by atoms with van der Waals surface area (Å²) in [5.74, 6) is -0.0132. The van der Waals surface area contributed by atoms with Crippen LogP contribution in [0.2, 0.25) is 0 Å². The molecule has 124 valence electrons. The molecular weight excluding hydrogens is 316 g/mol. The van der Waals surface area contributed by atoms with Crippen molar-refractivity contribution in [2.24, 2.45) is 0 Å². The lowest BCUT2D eigenvalue weighted by Crippen LogP contribution is -2.36. The van der Waals surface area contributed by atoms with Gasteiger partial charge in [0.15, 0.2) is 9.84 Å². The number of nitrogens with zero attached hydrogens (tertiary/aromatic N) is 1. The van der Waals surface area contributed by atoms with Gasteiger partial charge in [0.2, 0.25) is 5.91 Å². The molecule has 7 heteroatoms. The standard InChI is InChI=1S/C16H20N2O4S/c19-15-3-1-2-9-18(15)14-6-4-12(5-7-14)16(20)17-13-8-10-23(21,22)11-13/h4-7,13H,1-3,8-11H2,(H,17,20). The largest absolute Gasteiger partial charge is 0.348 e. The van der Waals surface area contributed by atoms with Gasteiger partial charge >= 0.3 is 0 Å². The fourth-order valence-corrected chi connectivity index (χ4v) is 4.72. The van der Waals surface area contributed by atoms with E-state index in [1.807, 2.05) is 0 Å². The number of hydrogen-bond acceptors (Lipinski definition) is 4. The average molecular weight is 336 g/mol. The molecule has 0 spiro atoms. The number of amides is 2. The van der Waals surface area contributed by atoms with Crippen molar-refractivity contribution in [3.8, 4) is 0 Å². The maximum absolute atomic E-state index is 12.2. The molecule has 1 aromatic carbocycles. The van der Waals surface area contributed by atoms with E-state index in [0.29, 0.717) is 24.9 Å². The third-order valence-corrected chi connectivity index (χ3v) is 6.10. The summed E-state index contributed by atoms with van der Waals surface area (Å²) in [6.07, 6.45) is 2.96. The topological polar surface area (TPSA) is 83.6 Å². The van der Waals surface area contributed by atoms with E-state index in [1.165, 1.54) is 0 Å². The normalized spacial score (nSPS) is 23.7. The molecule has 23 heavy (non-hydrogen) atoms. The molecule has 1 atom stereocenters. The molecule has 3 rings (SSSR count). The first-order chi connectivity index (χ1) is 10.9. The van der Waals surface area contributed by atoms with Gasteiger partial charge in [-0.05, 0) is 43.5 Å². The number of rotatable bonds is 3. The Hall–Kier alpha value is -1.89. The van der Waals surface area contributed by atoms with Crippen LogP contribution in [-0.4, -0.2) is 44.3 Å². The molecule has 0 bridgehead atoms. The van der Waals surface area contributed by atoms with Gasteiger partial charge in [-0.3, -0.25) is 9.59 Å². The van der Waals surface area contributed by atoms with E-state index < -0.39 is 9.84 Å². The Balaban J connectivity index is 1.65. The lowest BCUT2D eigenvalue weighted by atomic mass is 10.1. The molecule has 2 aliphatic heterocycles. The number of carbonyl (C=O) groups excluding carboxylic acids is 2. The van der Waals surface area contributed by atoms with Crippen molar-refractivity contribution in [1.82, 2.24) is 5.32 Å². The Bertz CT molecular complexity index is 712. The number of anilines is 1. The van der Waals surface area contributed by atoms with E-state index in [1.54, 1.807) is 29.2 Å². The minimum absolute atomic E-state index is 0.0130. The molecular formula is C16H20N2O4S. The fourth-order valence-electron chi connectivity index (χ4n) is 3.05. The molecule has 2 aliphatic rings. The van der Waals surface area contributed by atoms with E-state index in [0.717, 1.165) is 18.5 Å². The Morgan fingerprint density at radius 3 is 2.52 bits per heavy atom. The van der Waals surface area contributed by atoms with Gasteiger partial charge in [0.25, 0.3) is 5.91 Å². The SMILES string of the molecule is O=C(NC1CCS(=O)(=O)C1)c1ccc(N2CCCCC2=O)cc1. The van der Waals surface area contributed by atoms with Crippen molar-refractivity contribution in [3.05, 3.63) is 29.8 Å². The number of benzene rings is 1. The van der Waals surface area contributed by atoms with Crippen molar-refractivity contribution in [3.63, 3.8) is 0 Å². The molecule has 1 N–H and O–H groups in total. The molecule has 0 aromatic heterocycles. The van der Waals surface area contributed by atoms with E-state index in [4.69, 9.17) is 0 Å². The fraction of sp³-hybridized carbons (Fsp3) is 0.500. The van der Waals surface area contributed by atoms with Gasteiger partial charge < -0.3 is 10.2 Å². The molecule has 6 nitrogen and oxygen atoms in total. The molecule has 0 radical (unpaired) electrons. The quantitative estimate of drug-likeness (QED) is 0.896. The van der Waals surface area contributed by atoms with Crippen LogP contribution in [0.3, 0.4) is 0 Å². The zero-order chi connectivity index (χ0) is 16.4. The van der Waals surface area contributed by atoms with Crippen molar-refractivity contribution in [2.45, 2.75) is 31.7 Å². The number of sulfone groups is 1. The summed E-state index contributed by atoms with van der Waals surface area (Å²) in [6, 6.07) is 6.58. The highest BCUT2D eigenvalue weighted by Crippen LogP contribution is 2.21. The molecule has 2 fully saturated rings. The van der Waals surface area contributed by atoms with Gasteiger partial charge in [0.1, 0.15) is 0 Å². The Morgan fingerprint density at radius 2 is 1.91 bits per heavy atom. The summed E-state index contributed by atoms with van der Waals surface area (Å²) in [4.78, 5) is 25.8. The number of nitrogens with one attached hydrogen (secondary N) is 1. The third kappa shape index (κ3) is 3.72. The minimum Gasteiger partial charge on any atom is -0.348 e. The smallest absolute Gasteiger partial charge is 0.251 e. The second-order valence-corrected chi connectivity index (χ2v) is 8.35. The highest BCUT2D eigenvalue weighted by Gasteiger charge is 2.29. The van der Waals surface area contributed by atoms with Crippen LogP contribution >= 0.6 is 0 Å². The first-order valence-electron chi connectivity index (χ1n) is 7.86. The summed E-state index contributed by atoms with van der Waals surface area (Å²) in [5, 5.41) is 2.76. The van der Waals surface area contributed by atoms with Crippen LogP contribution in [-0.2, 0) is 14.6 Å². The number of hydrogen-bond donors (Lipinski definition) is 1. The number of carbonyl (C=O) groups is 2. The van der Waals surface area contributed by atoms with Crippen LogP contribution < -0.4 is 10.2 Å². The molecule has 0 aliphatic carbocycles. The molecule has 0 saturated carbocycles. The van der Waals surface area contributed by atoms with Crippen LogP contribution in [0.5, 0.6) is 0 Å². The first-order valence-corrected chi connectivity index (χ1v) is 9.68. The molecule has 2 saturated heterocycles. The summed E-state index contributed by atoms with van der Waals surface area (Å²) >= 11 is 0. The molecule has 2 heterocycles. The van der Waals surface area contributed by atoms with Gasteiger partial charge in [-0.1, -0.05) is 0 Å². The zero-order valence-electron chi connectivity index (χ0n) is 12.8. The summed E-state index contributed by atoms with van der Waals surface area (Å²) in [7, 11) is -3.01. The Labute approximate surface area is 135 Å². The van der Waals surface area contributed by atoms with Gasteiger partial charge in [0, 0.05) is 30.3 Å². The van der Waals surface area contributed by atoms with Gasteiger partial charge in [-0.2, -0.15) is 0 Å². The van der Waals surface area contributed by atoms with Crippen LogP contribution in [0, 0.1) is 0 Å². The lowest BCUT2D eigenvalue weighted by Gasteiger charge is -2.26. The monoisotopic (exact) mass is 336 g/mol. The van der Waals surface area contributed by atoms with E-state index in [9.17, 15) is 18.0 Å². The predicted molar refractivity (Wildman–Crippen MR) is 87.2 cm³/mol. The highest BCUT2D eigenvalue weighted by molar-refractivity contribution is 7.91. The summed E-state index contributed by atoms with van der Waals surface area (Å²) in [6.45, 7) is 0.713. The van der Waals surface area contributed by atoms with Gasteiger partial charge in [0.05, 0.1) is 11.5 Å². The second-order valence-electron chi connectivity index (χ2n) is 6.12. The predicted octanol–water partition coefficient (Wildman–Crippen LogP) is 1.12. The maximum atomic E-state index is 12.2. The summed E-state index contributed by atoms with van der Waals surface area (Å²) in [5.41, 5.74) is 1.28. The van der Waals surface area contributed by atoms with Crippen LogP contribution in [0.1, 0.15) is 36.0 Å². The maximum Gasteiger partial charge on any atom is 0.251 e. The van der Waals surface area contributed by atoms with E-state index >= 15 is 0 Å². The third-order valence-electron chi connectivity index (χ3n) is 4.33. The summed E-state index contributed by atoms with van der Waals surface area (Å²) < 4.78 is 22.8. The van der Waals surface area contributed by atoms with E-state index in [2.05, 4.69) is 5.32 Å². The zero-order valence-corrected chi connectivity index (χ0v) is 13.6.